The van der Waals surface area contributed by atoms with Crippen molar-refractivity contribution < 1.29 is 4.43 Å². The monoisotopic (exact) mass is 289 g/mol. The van der Waals surface area contributed by atoms with Crippen LogP contribution >= 0.6 is 12.2 Å². The zero-order valence-corrected chi connectivity index (χ0v) is 15.1. The molecule has 0 aromatic heterocycles. The van der Waals surface area contributed by atoms with Gasteiger partial charge in [0.05, 0.1) is 0 Å². The van der Waals surface area contributed by atoms with E-state index in [-0.39, 0.29) is 0 Å². The van der Waals surface area contributed by atoms with Crippen molar-refractivity contribution in [1.82, 2.24) is 4.57 Å². The van der Waals surface area contributed by atoms with Crippen LogP contribution in [0.3, 0.4) is 0 Å². The van der Waals surface area contributed by atoms with Gasteiger partial charge in [0.15, 0.2) is 0 Å². The second-order valence-electron chi connectivity index (χ2n) is 6.38. The first kappa shape index (κ1) is 17.0. The van der Waals surface area contributed by atoms with E-state index in [0.717, 1.165) is 11.5 Å². The molecule has 0 fully saturated rings. The van der Waals surface area contributed by atoms with E-state index >= 15 is 0 Å². The molecule has 0 N–H and O–H groups in total. The summed E-state index contributed by atoms with van der Waals surface area (Å²) in [6.07, 6.45) is 2.77. The van der Waals surface area contributed by atoms with Gasteiger partial charge in [0.2, 0.25) is 8.32 Å². The van der Waals surface area contributed by atoms with Crippen molar-refractivity contribution in [2.75, 3.05) is 7.05 Å². The minimum atomic E-state index is -1.56. The third kappa shape index (κ3) is 7.13. The predicted molar refractivity (Wildman–Crippen MR) is 86.7 cm³/mol. The second-order valence-corrected chi connectivity index (χ2v) is 16.3. The molecule has 1 atom stereocenters. The van der Waals surface area contributed by atoms with Crippen LogP contribution < -0.4 is 0 Å². The molecule has 17 heavy (non-hydrogen) atoms. The number of hydrogen-bond acceptors (Lipinski definition) is 3. The minimum absolute atomic E-state index is 0.297. The van der Waals surface area contributed by atoms with Crippen molar-refractivity contribution in [2.45, 2.75) is 51.7 Å². The molecule has 0 saturated heterocycles. The SMILES string of the molecule is C=CC(CC(=S)O[Si](C)(C)C)N(C)[Si](C)(C)C. The molecule has 0 aliphatic carbocycles. The molecule has 0 radical (unpaired) electrons. The van der Waals surface area contributed by atoms with Crippen LogP contribution in [0.5, 0.6) is 0 Å². The van der Waals surface area contributed by atoms with Gasteiger partial charge in [-0.25, -0.2) is 0 Å². The first-order valence-electron chi connectivity index (χ1n) is 6.04. The summed E-state index contributed by atoms with van der Waals surface area (Å²) >= 11 is 5.34. The van der Waals surface area contributed by atoms with E-state index in [9.17, 15) is 0 Å². The Kier molecular flexibility index (Phi) is 6.28. The van der Waals surface area contributed by atoms with Gasteiger partial charge in [-0.1, -0.05) is 25.7 Å². The fraction of sp³-hybridized carbons (Fsp3) is 0.750. The predicted octanol–water partition coefficient (Wildman–Crippen LogP) is 3.88. The highest BCUT2D eigenvalue weighted by atomic mass is 32.1. The summed E-state index contributed by atoms with van der Waals surface area (Å²) in [6.45, 7) is 17.4. The zero-order chi connectivity index (χ0) is 13.9. The van der Waals surface area contributed by atoms with Crippen LogP contribution in [-0.2, 0) is 4.43 Å². The summed E-state index contributed by atoms with van der Waals surface area (Å²) in [6, 6.07) is 0.297. The van der Waals surface area contributed by atoms with Gasteiger partial charge in [-0.05, 0) is 38.9 Å². The highest BCUT2D eigenvalue weighted by Crippen LogP contribution is 2.16. The summed E-state index contributed by atoms with van der Waals surface area (Å²) in [4.78, 5) is 0. The van der Waals surface area contributed by atoms with Gasteiger partial charge in [0, 0.05) is 12.5 Å². The van der Waals surface area contributed by atoms with Gasteiger partial charge in [-0.15, -0.1) is 6.58 Å². The number of thiocarbonyl (C=S) groups is 1. The van der Waals surface area contributed by atoms with E-state index in [0.29, 0.717) is 6.04 Å². The van der Waals surface area contributed by atoms with E-state index in [1.807, 2.05) is 6.08 Å². The van der Waals surface area contributed by atoms with Gasteiger partial charge >= 0.3 is 0 Å². The van der Waals surface area contributed by atoms with Gasteiger partial charge < -0.3 is 8.99 Å². The first-order valence-corrected chi connectivity index (χ1v) is 13.3. The molecule has 0 aliphatic heterocycles. The molecule has 2 nitrogen and oxygen atoms in total. The van der Waals surface area contributed by atoms with E-state index in [1.54, 1.807) is 0 Å². The van der Waals surface area contributed by atoms with Gasteiger partial charge in [-0.3, -0.25) is 0 Å². The third-order valence-electron chi connectivity index (χ3n) is 2.62. The Morgan fingerprint density at radius 3 is 2.06 bits per heavy atom. The van der Waals surface area contributed by atoms with Crippen molar-refractivity contribution in [3.8, 4) is 0 Å². The lowest BCUT2D eigenvalue weighted by Crippen LogP contribution is -2.49. The van der Waals surface area contributed by atoms with Crippen molar-refractivity contribution in [2.24, 2.45) is 0 Å². The average Bonchev–Trinajstić information content (AvgIpc) is 2.08. The Bertz CT molecular complexity index is 281. The van der Waals surface area contributed by atoms with Gasteiger partial charge in [0.1, 0.15) is 13.3 Å². The Morgan fingerprint density at radius 2 is 1.76 bits per heavy atom. The van der Waals surface area contributed by atoms with Gasteiger partial charge in [-0.2, -0.15) is 0 Å². The lowest BCUT2D eigenvalue weighted by molar-refractivity contribution is 0.421. The third-order valence-corrected chi connectivity index (χ3v) is 6.33. The van der Waals surface area contributed by atoms with Crippen LogP contribution in [0.25, 0.3) is 0 Å². The molecule has 0 bridgehead atoms. The van der Waals surface area contributed by atoms with Crippen LogP contribution in [0.4, 0.5) is 0 Å². The number of hydrogen-bond donors (Lipinski definition) is 0. The molecule has 0 aromatic rings. The van der Waals surface area contributed by atoms with Crippen LogP contribution in [0, 0.1) is 0 Å². The van der Waals surface area contributed by atoms with E-state index in [1.165, 1.54) is 0 Å². The van der Waals surface area contributed by atoms with Crippen molar-refractivity contribution in [3.05, 3.63) is 12.7 Å². The summed E-state index contributed by atoms with van der Waals surface area (Å²) in [5.74, 6) is 0. The summed E-state index contributed by atoms with van der Waals surface area (Å²) < 4.78 is 8.26. The van der Waals surface area contributed by atoms with E-state index in [4.69, 9.17) is 16.6 Å². The molecular formula is C12H27NOSSi2. The minimum Gasteiger partial charge on any atom is -0.540 e. The highest BCUT2D eigenvalue weighted by Gasteiger charge is 2.27. The molecular weight excluding hydrogens is 262 g/mol. The van der Waals surface area contributed by atoms with Crippen LogP contribution in [0.15, 0.2) is 12.7 Å². The Hall–Kier alpha value is 0.0238. The topological polar surface area (TPSA) is 12.5 Å². The maximum atomic E-state index is 5.84. The zero-order valence-electron chi connectivity index (χ0n) is 12.3. The largest absolute Gasteiger partial charge is 0.540 e. The Morgan fingerprint density at radius 1 is 1.29 bits per heavy atom. The van der Waals surface area contributed by atoms with E-state index in [2.05, 4.69) is 57.5 Å². The normalized spacial score (nSPS) is 14.6. The number of likely N-dealkylation sites (N-methyl/N-ethyl adjacent to an activating group) is 1. The van der Waals surface area contributed by atoms with Crippen LogP contribution in [-0.4, -0.2) is 39.3 Å². The molecule has 0 aliphatic rings. The van der Waals surface area contributed by atoms with Crippen molar-refractivity contribution in [1.29, 1.82) is 0 Å². The number of rotatable bonds is 6. The van der Waals surface area contributed by atoms with Crippen molar-refractivity contribution in [3.63, 3.8) is 0 Å². The van der Waals surface area contributed by atoms with Gasteiger partial charge in [0.25, 0.3) is 0 Å². The Labute approximate surface area is 114 Å². The molecule has 0 heterocycles. The first-order chi connectivity index (χ1) is 7.47. The average molecular weight is 290 g/mol. The Balaban J connectivity index is 4.52. The quantitative estimate of drug-likeness (QED) is 0.418. The lowest BCUT2D eigenvalue weighted by Gasteiger charge is -2.36. The molecule has 0 rings (SSSR count). The summed E-state index contributed by atoms with van der Waals surface area (Å²) in [5, 5.41) is 0.735. The van der Waals surface area contributed by atoms with E-state index < -0.39 is 16.6 Å². The fourth-order valence-corrected chi connectivity index (χ4v) is 4.31. The fourth-order valence-electron chi connectivity index (χ4n) is 1.43. The maximum absolute atomic E-state index is 5.84. The molecule has 0 aromatic carbocycles. The molecule has 0 saturated carbocycles. The van der Waals surface area contributed by atoms with Crippen molar-refractivity contribution >= 4 is 33.8 Å². The smallest absolute Gasteiger partial charge is 0.242 e. The van der Waals surface area contributed by atoms with Crippen LogP contribution in [0.1, 0.15) is 6.42 Å². The lowest BCUT2D eigenvalue weighted by atomic mass is 10.2. The highest BCUT2D eigenvalue weighted by molar-refractivity contribution is 7.80. The maximum Gasteiger partial charge on any atom is 0.242 e. The van der Waals surface area contributed by atoms with Crippen LogP contribution in [0.2, 0.25) is 39.3 Å². The molecule has 1 unspecified atom stereocenters. The molecule has 0 amide bonds. The molecule has 0 spiro atoms. The summed E-state index contributed by atoms with van der Waals surface area (Å²) in [5.41, 5.74) is 0. The second kappa shape index (κ2) is 6.27. The molecule has 100 valence electrons. The standard InChI is InChI=1S/C12H27NOSSi2/c1-9-11(13(2)16(3,4)5)10-12(15)14-17(6,7)8/h9,11H,1,10H2,2-8H3. The summed E-state index contributed by atoms with van der Waals surface area (Å²) in [7, 11) is -0.713. The number of nitrogens with zero attached hydrogens (tertiary/aromatic N) is 1. The molecule has 5 heteroatoms.